The highest BCUT2D eigenvalue weighted by Gasteiger charge is 2.35. The van der Waals surface area contributed by atoms with Crippen LogP contribution in [-0.4, -0.2) is 46.5 Å². The third kappa shape index (κ3) is 6.15. The number of rotatable bonds is 4. The first-order valence-corrected chi connectivity index (χ1v) is 13.2. The van der Waals surface area contributed by atoms with Crippen molar-refractivity contribution in [1.82, 2.24) is 14.9 Å². The van der Waals surface area contributed by atoms with E-state index >= 15 is 0 Å². The molecule has 0 spiro atoms. The van der Waals surface area contributed by atoms with Crippen LogP contribution >= 0.6 is 11.6 Å². The maximum absolute atomic E-state index is 13.2. The van der Waals surface area contributed by atoms with Crippen molar-refractivity contribution >= 4 is 35.3 Å². The second-order valence-corrected chi connectivity index (χ2v) is 9.97. The molecule has 0 radical (unpaired) electrons. The summed E-state index contributed by atoms with van der Waals surface area (Å²) >= 11 is 6.14. The molecule has 2 bridgehead atoms. The van der Waals surface area contributed by atoms with E-state index in [1.165, 1.54) is 7.11 Å². The molecule has 202 valence electrons. The van der Waals surface area contributed by atoms with E-state index in [9.17, 15) is 14.4 Å². The topological polar surface area (TPSA) is 114 Å². The number of amides is 2. The van der Waals surface area contributed by atoms with E-state index in [4.69, 9.17) is 21.1 Å². The van der Waals surface area contributed by atoms with E-state index in [-0.39, 0.29) is 30.4 Å². The second kappa shape index (κ2) is 11.7. The molecule has 0 aliphatic carbocycles. The van der Waals surface area contributed by atoms with Crippen LogP contribution in [0.1, 0.15) is 54.8 Å². The van der Waals surface area contributed by atoms with Gasteiger partial charge in [-0.3, -0.25) is 14.5 Å². The van der Waals surface area contributed by atoms with Crippen molar-refractivity contribution < 1.29 is 23.9 Å². The predicted octanol–water partition coefficient (Wildman–Crippen LogP) is 5.75. The highest BCUT2D eigenvalue weighted by Crippen LogP contribution is 2.35. The van der Waals surface area contributed by atoms with E-state index in [1.54, 1.807) is 23.2 Å². The smallest absolute Gasteiger partial charge is 0.411 e. The Bertz CT molecular complexity index is 1420. The number of aromatic amines is 1. The van der Waals surface area contributed by atoms with Gasteiger partial charge in [-0.1, -0.05) is 48.0 Å². The van der Waals surface area contributed by atoms with Crippen molar-refractivity contribution in [3.8, 4) is 11.3 Å². The normalized spacial score (nSPS) is 20.4. The summed E-state index contributed by atoms with van der Waals surface area (Å²) in [5.74, 6) is 0.107. The Labute approximate surface area is 231 Å². The van der Waals surface area contributed by atoms with Gasteiger partial charge in [0, 0.05) is 30.0 Å². The lowest BCUT2D eigenvalue weighted by atomic mass is 10.0. The lowest BCUT2D eigenvalue weighted by molar-refractivity contribution is -0.139. The van der Waals surface area contributed by atoms with E-state index in [1.807, 2.05) is 42.5 Å². The average molecular weight is 549 g/mol. The van der Waals surface area contributed by atoms with Crippen molar-refractivity contribution in [2.75, 3.05) is 19.0 Å². The van der Waals surface area contributed by atoms with E-state index in [0.29, 0.717) is 60.0 Å². The van der Waals surface area contributed by atoms with Crippen molar-refractivity contribution in [3.63, 3.8) is 0 Å². The molecule has 10 heteroatoms. The van der Waals surface area contributed by atoms with Gasteiger partial charge < -0.3 is 19.8 Å². The summed E-state index contributed by atoms with van der Waals surface area (Å²) in [6, 6.07) is 12.4. The zero-order chi connectivity index (χ0) is 27.4. The van der Waals surface area contributed by atoms with Crippen LogP contribution in [0.3, 0.4) is 0 Å². The van der Waals surface area contributed by atoms with Crippen LogP contribution in [0.2, 0.25) is 5.02 Å². The molecule has 0 saturated carbocycles. The number of carbonyl (C=O) groups is 3. The lowest BCUT2D eigenvalue weighted by Crippen LogP contribution is -2.41. The molecule has 1 aromatic heterocycles. The zero-order valence-corrected chi connectivity index (χ0v) is 22.2. The van der Waals surface area contributed by atoms with Gasteiger partial charge in [-0.15, -0.1) is 0 Å². The minimum Gasteiger partial charge on any atom is -0.469 e. The number of H-pyrrole nitrogens is 1. The highest BCUT2D eigenvalue weighted by atomic mass is 35.5. The summed E-state index contributed by atoms with van der Waals surface area (Å²) in [6.45, 7) is 0.484. The fourth-order valence-electron chi connectivity index (χ4n) is 4.90. The number of cyclic esters (lactones) is 1. The van der Waals surface area contributed by atoms with Crippen molar-refractivity contribution in [3.05, 3.63) is 82.8 Å². The van der Waals surface area contributed by atoms with E-state index in [2.05, 4.69) is 15.3 Å². The summed E-state index contributed by atoms with van der Waals surface area (Å²) < 4.78 is 10.6. The van der Waals surface area contributed by atoms with Gasteiger partial charge in [-0.05, 0) is 42.2 Å². The summed E-state index contributed by atoms with van der Waals surface area (Å²) in [5, 5.41) is 3.57. The fourth-order valence-corrected chi connectivity index (χ4v) is 5.10. The zero-order valence-electron chi connectivity index (χ0n) is 21.5. The third-order valence-corrected chi connectivity index (χ3v) is 7.14. The van der Waals surface area contributed by atoms with Crippen molar-refractivity contribution in [1.29, 1.82) is 0 Å². The van der Waals surface area contributed by atoms with Crippen LogP contribution < -0.4 is 5.32 Å². The van der Waals surface area contributed by atoms with E-state index in [0.717, 1.165) is 11.1 Å². The molecule has 2 amide bonds. The Balaban J connectivity index is 1.43. The molecule has 1 saturated heterocycles. The van der Waals surface area contributed by atoms with Gasteiger partial charge in [0.05, 0.1) is 37.2 Å². The van der Waals surface area contributed by atoms with Gasteiger partial charge in [-0.2, -0.15) is 0 Å². The van der Waals surface area contributed by atoms with Gasteiger partial charge >= 0.3 is 12.1 Å². The Hall–Kier alpha value is -4.11. The molecule has 39 heavy (non-hydrogen) atoms. The fraction of sp³-hybridized carbons (Fsp3) is 0.310. The van der Waals surface area contributed by atoms with Crippen LogP contribution in [-0.2, 0) is 25.5 Å². The van der Waals surface area contributed by atoms with Crippen LogP contribution in [0.4, 0.5) is 10.5 Å². The maximum Gasteiger partial charge on any atom is 0.411 e. The summed E-state index contributed by atoms with van der Waals surface area (Å²) in [5.41, 5.74) is 3.56. The number of esters is 1. The molecule has 2 atom stereocenters. The van der Waals surface area contributed by atoms with Crippen molar-refractivity contribution in [2.45, 2.75) is 44.2 Å². The largest absolute Gasteiger partial charge is 0.469 e. The van der Waals surface area contributed by atoms with Crippen LogP contribution in [0, 0.1) is 0 Å². The molecule has 3 heterocycles. The van der Waals surface area contributed by atoms with Crippen molar-refractivity contribution in [2.24, 2.45) is 0 Å². The SMILES string of the molecule is COC(=O)Cc1ccc2c(c1)NC(=O)CC/C=C/C[C@H](N1CC[C@H](c3cccc(Cl)c3)OC1=O)c1ncc-2[nH]1. The average Bonchev–Trinajstić information content (AvgIpc) is 3.40. The van der Waals surface area contributed by atoms with Gasteiger partial charge in [0.25, 0.3) is 0 Å². The van der Waals surface area contributed by atoms with Crippen LogP contribution in [0.15, 0.2) is 60.8 Å². The monoisotopic (exact) mass is 548 g/mol. The first-order valence-electron chi connectivity index (χ1n) is 12.8. The number of hydrogen-bond donors (Lipinski definition) is 2. The summed E-state index contributed by atoms with van der Waals surface area (Å²) in [6.07, 6.45) is 6.86. The molecular formula is C29H29ClN4O5. The summed E-state index contributed by atoms with van der Waals surface area (Å²) in [4.78, 5) is 47.4. The Morgan fingerprint density at radius 3 is 2.87 bits per heavy atom. The number of halogens is 1. The number of anilines is 1. The number of ether oxygens (including phenoxy) is 2. The lowest BCUT2D eigenvalue weighted by Gasteiger charge is -2.36. The molecule has 5 rings (SSSR count). The number of carbonyl (C=O) groups excluding carboxylic acids is 3. The molecule has 2 N–H and O–H groups in total. The first-order chi connectivity index (χ1) is 18.9. The molecule has 0 unspecified atom stereocenters. The van der Waals surface area contributed by atoms with Crippen LogP contribution in [0.25, 0.3) is 11.3 Å². The second-order valence-electron chi connectivity index (χ2n) is 9.53. The van der Waals surface area contributed by atoms with Gasteiger partial charge in [0.15, 0.2) is 0 Å². The Kier molecular flexibility index (Phi) is 7.97. The summed E-state index contributed by atoms with van der Waals surface area (Å²) in [7, 11) is 1.34. The quantitative estimate of drug-likeness (QED) is 0.317. The molecule has 9 nitrogen and oxygen atoms in total. The van der Waals surface area contributed by atoms with Crippen LogP contribution in [0.5, 0.6) is 0 Å². The molecule has 2 aromatic carbocycles. The van der Waals surface area contributed by atoms with Gasteiger partial charge in [0.1, 0.15) is 11.9 Å². The number of aromatic nitrogens is 2. The number of imidazole rings is 1. The van der Waals surface area contributed by atoms with Gasteiger partial charge in [-0.25, -0.2) is 9.78 Å². The number of nitrogens with one attached hydrogen (secondary N) is 2. The maximum atomic E-state index is 13.2. The standard InChI is InChI=1S/C29H29ClN4O5/c1-38-27(36)15-18-10-11-21-22(14-18)32-26(35)9-4-2-3-8-24(28-31-17-23(21)33-28)34-13-12-25(39-29(34)37)19-6-5-7-20(30)16-19/h2-3,5-7,10-11,14,16-17,24-25H,4,8-9,12-13,15H2,1H3,(H,31,33)(H,32,35)/b3-2+/t24-,25+/m0/s1. The number of fused-ring (bicyclic) bond motifs is 4. The highest BCUT2D eigenvalue weighted by molar-refractivity contribution is 6.30. The Morgan fingerprint density at radius 1 is 1.21 bits per heavy atom. The molecule has 1 fully saturated rings. The number of nitrogens with zero attached hydrogens (tertiary/aromatic N) is 2. The first kappa shape index (κ1) is 26.5. The minimum absolute atomic E-state index is 0.0892. The van der Waals surface area contributed by atoms with E-state index < -0.39 is 6.09 Å². The number of hydrogen-bond acceptors (Lipinski definition) is 6. The molecule has 2 aliphatic heterocycles. The third-order valence-electron chi connectivity index (χ3n) is 6.91. The number of benzene rings is 2. The number of methoxy groups -OCH3 is 1. The molecule has 3 aromatic rings. The molecular weight excluding hydrogens is 520 g/mol. The number of allylic oxidation sites excluding steroid dienone is 1. The Morgan fingerprint density at radius 2 is 2.08 bits per heavy atom. The predicted molar refractivity (Wildman–Crippen MR) is 146 cm³/mol. The molecule has 2 aliphatic rings. The van der Waals surface area contributed by atoms with Gasteiger partial charge in [0.2, 0.25) is 5.91 Å². The minimum atomic E-state index is -0.420.